The molecule has 8 heteroatoms. The van der Waals surface area contributed by atoms with Crippen molar-refractivity contribution < 1.29 is 19.1 Å². The molecular formula is C13H20N2O4S2. The van der Waals surface area contributed by atoms with Crippen LogP contribution in [0.1, 0.15) is 35.8 Å². The van der Waals surface area contributed by atoms with Crippen LogP contribution in [0.4, 0.5) is 0 Å². The minimum absolute atomic E-state index is 0.342. The first-order valence-corrected chi connectivity index (χ1v) is 8.73. The molecule has 1 aromatic heterocycles. The van der Waals surface area contributed by atoms with E-state index in [4.69, 9.17) is 15.2 Å². The highest BCUT2D eigenvalue weighted by Gasteiger charge is 2.15. The first-order chi connectivity index (χ1) is 10.1. The van der Waals surface area contributed by atoms with Crippen LogP contribution in [0.2, 0.25) is 0 Å². The Morgan fingerprint density at radius 3 is 2.76 bits per heavy atom. The SMILES string of the molecule is CCOC(=O)c1nc(CSCCC(N)C(=O)OCC)cs1. The minimum Gasteiger partial charge on any atom is -0.465 e. The molecule has 0 aliphatic heterocycles. The fourth-order valence-corrected chi connectivity index (χ4v) is 3.15. The Labute approximate surface area is 132 Å². The van der Waals surface area contributed by atoms with E-state index in [9.17, 15) is 9.59 Å². The lowest BCUT2D eigenvalue weighted by Crippen LogP contribution is -2.32. The number of rotatable bonds is 9. The topological polar surface area (TPSA) is 91.5 Å². The predicted octanol–water partition coefficient (Wildman–Crippen LogP) is 1.83. The third-order valence-corrected chi connectivity index (χ3v) is 4.31. The van der Waals surface area contributed by atoms with Gasteiger partial charge in [0.05, 0.1) is 18.9 Å². The molecule has 21 heavy (non-hydrogen) atoms. The van der Waals surface area contributed by atoms with Gasteiger partial charge in [-0.2, -0.15) is 11.8 Å². The van der Waals surface area contributed by atoms with E-state index in [0.29, 0.717) is 30.4 Å². The molecule has 1 aromatic rings. The van der Waals surface area contributed by atoms with E-state index in [0.717, 1.165) is 11.4 Å². The molecule has 1 atom stereocenters. The van der Waals surface area contributed by atoms with Crippen molar-refractivity contribution in [2.45, 2.75) is 32.1 Å². The van der Waals surface area contributed by atoms with Gasteiger partial charge in [-0.1, -0.05) is 0 Å². The second-order valence-electron chi connectivity index (χ2n) is 4.06. The summed E-state index contributed by atoms with van der Waals surface area (Å²) in [5.41, 5.74) is 6.53. The van der Waals surface area contributed by atoms with Crippen molar-refractivity contribution in [2.24, 2.45) is 5.73 Å². The van der Waals surface area contributed by atoms with Crippen LogP contribution in [-0.4, -0.2) is 41.9 Å². The van der Waals surface area contributed by atoms with Gasteiger partial charge in [-0.15, -0.1) is 11.3 Å². The third kappa shape index (κ3) is 6.45. The first-order valence-electron chi connectivity index (χ1n) is 6.69. The second-order valence-corrected chi connectivity index (χ2v) is 6.03. The fraction of sp³-hybridized carbons (Fsp3) is 0.615. The maximum absolute atomic E-state index is 11.5. The van der Waals surface area contributed by atoms with Crippen LogP contribution in [0.25, 0.3) is 0 Å². The molecular weight excluding hydrogens is 312 g/mol. The number of hydrogen-bond donors (Lipinski definition) is 1. The zero-order chi connectivity index (χ0) is 15.7. The van der Waals surface area contributed by atoms with Crippen LogP contribution in [0.3, 0.4) is 0 Å². The summed E-state index contributed by atoms with van der Waals surface area (Å²) in [5.74, 6) is 0.650. The monoisotopic (exact) mass is 332 g/mol. The maximum Gasteiger partial charge on any atom is 0.367 e. The minimum atomic E-state index is -0.581. The summed E-state index contributed by atoms with van der Waals surface area (Å²) in [6, 6.07) is -0.581. The fourth-order valence-electron chi connectivity index (χ4n) is 1.41. The molecule has 0 spiro atoms. The van der Waals surface area contributed by atoms with Gasteiger partial charge in [-0.25, -0.2) is 9.78 Å². The molecule has 118 valence electrons. The summed E-state index contributed by atoms with van der Waals surface area (Å²) >= 11 is 2.89. The van der Waals surface area contributed by atoms with Crippen LogP contribution >= 0.6 is 23.1 Å². The van der Waals surface area contributed by atoms with E-state index in [1.54, 1.807) is 25.6 Å². The quantitative estimate of drug-likeness (QED) is 0.545. The smallest absolute Gasteiger partial charge is 0.367 e. The van der Waals surface area contributed by atoms with Gasteiger partial charge >= 0.3 is 11.9 Å². The van der Waals surface area contributed by atoms with Gasteiger partial charge in [0.25, 0.3) is 0 Å². The maximum atomic E-state index is 11.5. The largest absolute Gasteiger partial charge is 0.465 e. The zero-order valence-electron chi connectivity index (χ0n) is 12.2. The molecule has 2 N–H and O–H groups in total. The van der Waals surface area contributed by atoms with Crippen molar-refractivity contribution in [3.8, 4) is 0 Å². The molecule has 6 nitrogen and oxygen atoms in total. The van der Waals surface area contributed by atoms with Crippen LogP contribution in [0.15, 0.2) is 5.38 Å². The standard InChI is InChI=1S/C13H20N2O4S2/c1-3-18-12(16)10(14)5-6-20-7-9-8-21-11(15-9)13(17)19-4-2/h8,10H,3-7,14H2,1-2H3. The van der Waals surface area contributed by atoms with Crippen LogP contribution in [0.5, 0.6) is 0 Å². The van der Waals surface area contributed by atoms with E-state index in [2.05, 4.69) is 4.98 Å². The van der Waals surface area contributed by atoms with E-state index in [-0.39, 0.29) is 11.9 Å². The molecule has 0 radical (unpaired) electrons. The van der Waals surface area contributed by atoms with Gasteiger partial charge in [-0.3, -0.25) is 4.79 Å². The highest BCUT2D eigenvalue weighted by Crippen LogP contribution is 2.17. The first kappa shape index (κ1) is 17.9. The van der Waals surface area contributed by atoms with E-state index < -0.39 is 6.04 Å². The van der Waals surface area contributed by atoms with Gasteiger partial charge in [-0.05, 0) is 26.0 Å². The van der Waals surface area contributed by atoms with Crippen molar-refractivity contribution in [3.05, 3.63) is 16.1 Å². The number of carbonyl (C=O) groups is 2. The number of thioether (sulfide) groups is 1. The Hall–Kier alpha value is -1.12. The molecule has 1 heterocycles. The number of aromatic nitrogens is 1. The molecule has 1 rings (SSSR count). The molecule has 0 fully saturated rings. The summed E-state index contributed by atoms with van der Waals surface area (Å²) in [6.07, 6.45) is 0.554. The zero-order valence-corrected chi connectivity index (χ0v) is 13.8. The molecule has 0 saturated heterocycles. The second kappa shape index (κ2) is 9.75. The highest BCUT2D eigenvalue weighted by molar-refractivity contribution is 7.98. The van der Waals surface area contributed by atoms with Crippen LogP contribution < -0.4 is 5.73 Å². The molecule has 0 saturated carbocycles. The number of nitrogens with zero attached hydrogens (tertiary/aromatic N) is 1. The molecule has 0 bridgehead atoms. The normalized spacial score (nSPS) is 12.0. The Bertz CT molecular complexity index is 465. The summed E-state index contributed by atoms with van der Waals surface area (Å²) < 4.78 is 9.72. The number of ether oxygens (including phenoxy) is 2. The Morgan fingerprint density at radius 1 is 1.38 bits per heavy atom. The number of nitrogens with two attached hydrogens (primary N) is 1. The lowest BCUT2D eigenvalue weighted by atomic mass is 10.2. The van der Waals surface area contributed by atoms with E-state index >= 15 is 0 Å². The molecule has 0 aliphatic carbocycles. The molecule has 0 aliphatic rings. The Morgan fingerprint density at radius 2 is 2.10 bits per heavy atom. The number of carbonyl (C=O) groups excluding carboxylic acids is 2. The van der Waals surface area contributed by atoms with Crippen LogP contribution in [-0.2, 0) is 20.0 Å². The summed E-state index contributed by atoms with van der Waals surface area (Å²) in [5, 5.41) is 2.21. The number of thiazole rings is 1. The van der Waals surface area contributed by atoms with Gasteiger partial charge in [0.15, 0.2) is 0 Å². The molecule has 0 aromatic carbocycles. The summed E-state index contributed by atoms with van der Waals surface area (Å²) in [7, 11) is 0. The average Bonchev–Trinajstić information content (AvgIpc) is 2.92. The Balaban J connectivity index is 2.27. The average molecular weight is 332 g/mol. The van der Waals surface area contributed by atoms with E-state index in [1.165, 1.54) is 11.3 Å². The van der Waals surface area contributed by atoms with Crippen molar-refractivity contribution in [1.82, 2.24) is 4.98 Å². The van der Waals surface area contributed by atoms with Crippen molar-refractivity contribution >= 4 is 35.0 Å². The number of hydrogen-bond acceptors (Lipinski definition) is 8. The lowest BCUT2D eigenvalue weighted by molar-refractivity contribution is -0.144. The van der Waals surface area contributed by atoms with Crippen molar-refractivity contribution in [1.29, 1.82) is 0 Å². The molecule has 0 amide bonds. The van der Waals surface area contributed by atoms with Gasteiger partial charge in [0.2, 0.25) is 5.01 Å². The van der Waals surface area contributed by atoms with Gasteiger partial charge < -0.3 is 15.2 Å². The highest BCUT2D eigenvalue weighted by atomic mass is 32.2. The van der Waals surface area contributed by atoms with E-state index in [1.807, 2.05) is 5.38 Å². The molecule has 1 unspecified atom stereocenters. The van der Waals surface area contributed by atoms with Gasteiger partial charge in [0, 0.05) is 11.1 Å². The van der Waals surface area contributed by atoms with Crippen molar-refractivity contribution in [3.63, 3.8) is 0 Å². The van der Waals surface area contributed by atoms with Crippen LogP contribution in [0, 0.1) is 0 Å². The predicted molar refractivity (Wildman–Crippen MR) is 83.5 cm³/mol. The Kier molecular flexibility index (Phi) is 8.33. The van der Waals surface area contributed by atoms with Gasteiger partial charge in [0.1, 0.15) is 6.04 Å². The third-order valence-electron chi connectivity index (χ3n) is 2.41. The number of esters is 2. The lowest BCUT2D eigenvalue weighted by Gasteiger charge is -2.09. The summed E-state index contributed by atoms with van der Waals surface area (Å²) in [4.78, 5) is 27.0. The van der Waals surface area contributed by atoms with Crippen molar-refractivity contribution in [2.75, 3.05) is 19.0 Å². The summed E-state index contributed by atoms with van der Waals surface area (Å²) in [6.45, 7) is 4.20.